The molecular formula is C14H15NO5. The molecule has 0 bridgehead atoms. The zero-order chi connectivity index (χ0) is 14.1. The quantitative estimate of drug-likeness (QED) is 0.858. The minimum absolute atomic E-state index is 0.0993. The first-order chi connectivity index (χ1) is 9.65. The summed E-state index contributed by atoms with van der Waals surface area (Å²) >= 11 is 0. The van der Waals surface area contributed by atoms with Gasteiger partial charge < -0.3 is 19.5 Å². The van der Waals surface area contributed by atoms with Gasteiger partial charge in [0.1, 0.15) is 0 Å². The molecule has 2 aliphatic rings. The molecule has 1 aromatic carbocycles. The summed E-state index contributed by atoms with van der Waals surface area (Å²) in [4.78, 5) is 24.9. The second-order valence-electron chi connectivity index (χ2n) is 4.92. The number of ether oxygens (including phenoxy) is 2. The summed E-state index contributed by atoms with van der Waals surface area (Å²) in [6, 6.07) is 4.96. The van der Waals surface area contributed by atoms with E-state index in [-0.39, 0.29) is 18.1 Å². The van der Waals surface area contributed by atoms with Crippen molar-refractivity contribution in [1.29, 1.82) is 0 Å². The lowest BCUT2D eigenvalue weighted by Gasteiger charge is -2.26. The molecule has 106 valence electrons. The number of carbonyl (C=O) groups is 2. The number of benzene rings is 1. The molecule has 20 heavy (non-hydrogen) atoms. The van der Waals surface area contributed by atoms with Crippen LogP contribution < -0.4 is 0 Å². The standard InChI is InChI=1S/C14H15NO5/c16-13(12-8-19-3-4-20-12)15-6-10-2-1-9(14(17)18)5-11(10)7-15/h1-2,5,12H,3-4,6-8H2,(H,17,18). The van der Waals surface area contributed by atoms with Crippen molar-refractivity contribution in [2.24, 2.45) is 0 Å². The fourth-order valence-corrected chi connectivity index (χ4v) is 2.52. The van der Waals surface area contributed by atoms with Gasteiger partial charge in [0.2, 0.25) is 0 Å². The van der Waals surface area contributed by atoms with Crippen LogP contribution in [0.15, 0.2) is 18.2 Å². The molecule has 1 fully saturated rings. The highest BCUT2D eigenvalue weighted by molar-refractivity contribution is 5.88. The van der Waals surface area contributed by atoms with Crippen molar-refractivity contribution in [3.63, 3.8) is 0 Å². The summed E-state index contributed by atoms with van der Waals surface area (Å²) in [6.07, 6.45) is -0.544. The summed E-state index contributed by atoms with van der Waals surface area (Å²) in [6.45, 7) is 2.15. The zero-order valence-electron chi connectivity index (χ0n) is 10.9. The highest BCUT2D eigenvalue weighted by atomic mass is 16.6. The Kier molecular flexibility index (Phi) is 3.42. The lowest BCUT2D eigenvalue weighted by molar-refractivity contribution is -0.158. The average Bonchev–Trinajstić information content (AvgIpc) is 2.90. The summed E-state index contributed by atoms with van der Waals surface area (Å²) in [5, 5.41) is 8.98. The molecule has 1 aromatic rings. The third kappa shape index (κ3) is 2.39. The minimum atomic E-state index is -0.957. The molecule has 2 heterocycles. The van der Waals surface area contributed by atoms with Gasteiger partial charge in [-0.1, -0.05) is 6.07 Å². The van der Waals surface area contributed by atoms with Crippen molar-refractivity contribution in [3.8, 4) is 0 Å². The molecule has 1 N–H and O–H groups in total. The van der Waals surface area contributed by atoms with Gasteiger partial charge in [0.25, 0.3) is 5.91 Å². The Balaban J connectivity index is 1.73. The summed E-state index contributed by atoms with van der Waals surface area (Å²) < 4.78 is 10.6. The first kappa shape index (κ1) is 13.1. The first-order valence-electron chi connectivity index (χ1n) is 6.48. The van der Waals surface area contributed by atoms with Crippen molar-refractivity contribution >= 4 is 11.9 Å². The summed E-state index contributed by atoms with van der Waals surface area (Å²) in [5.74, 6) is -1.06. The fourth-order valence-electron chi connectivity index (χ4n) is 2.52. The van der Waals surface area contributed by atoms with E-state index in [0.29, 0.717) is 26.3 Å². The van der Waals surface area contributed by atoms with Crippen molar-refractivity contribution in [3.05, 3.63) is 34.9 Å². The minimum Gasteiger partial charge on any atom is -0.478 e. The predicted octanol–water partition coefficient (Wildman–Crippen LogP) is 0.642. The Hall–Kier alpha value is -1.92. The van der Waals surface area contributed by atoms with Gasteiger partial charge >= 0.3 is 5.97 Å². The molecule has 1 unspecified atom stereocenters. The Morgan fingerprint density at radius 3 is 2.70 bits per heavy atom. The highest BCUT2D eigenvalue weighted by Crippen LogP contribution is 2.25. The van der Waals surface area contributed by atoms with Gasteiger partial charge in [0, 0.05) is 13.1 Å². The largest absolute Gasteiger partial charge is 0.478 e. The molecule has 0 aromatic heterocycles. The van der Waals surface area contributed by atoms with Gasteiger partial charge in [-0.2, -0.15) is 0 Å². The highest BCUT2D eigenvalue weighted by Gasteiger charge is 2.31. The third-order valence-electron chi connectivity index (χ3n) is 3.58. The number of amides is 1. The fraction of sp³-hybridized carbons (Fsp3) is 0.429. The van der Waals surface area contributed by atoms with Crippen LogP contribution in [0.1, 0.15) is 21.5 Å². The number of hydrogen-bond acceptors (Lipinski definition) is 4. The van der Waals surface area contributed by atoms with Crippen molar-refractivity contribution in [1.82, 2.24) is 4.90 Å². The maximum Gasteiger partial charge on any atom is 0.335 e. The predicted molar refractivity (Wildman–Crippen MR) is 68.2 cm³/mol. The monoisotopic (exact) mass is 277 g/mol. The Bertz CT molecular complexity index is 550. The van der Waals surface area contributed by atoms with Gasteiger partial charge in [-0.25, -0.2) is 4.79 Å². The topological polar surface area (TPSA) is 76.1 Å². The first-order valence-corrected chi connectivity index (χ1v) is 6.48. The Labute approximate surface area is 115 Å². The molecule has 6 nitrogen and oxygen atoms in total. The van der Waals surface area contributed by atoms with E-state index in [4.69, 9.17) is 14.6 Å². The molecule has 1 saturated heterocycles. The molecule has 6 heteroatoms. The zero-order valence-corrected chi connectivity index (χ0v) is 10.9. The van der Waals surface area contributed by atoms with Gasteiger partial charge in [-0.3, -0.25) is 4.79 Å². The number of fused-ring (bicyclic) bond motifs is 1. The van der Waals surface area contributed by atoms with Gasteiger partial charge in [-0.15, -0.1) is 0 Å². The number of carbonyl (C=O) groups excluding carboxylic acids is 1. The molecule has 3 rings (SSSR count). The molecule has 0 saturated carbocycles. The van der Waals surface area contributed by atoms with Gasteiger partial charge in [0.15, 0.2) is 6.10 Å². The van der Waals surface area contributed by atoms with E-state index < -0.39 is 12.1 Å². The molecule has 2 aliphatic heterocycles. The van der Waals surface area contributed by atoms with Crippen molar-refractivity contribution in [2.45, 2.75) is 19.2 Å². The Morgan fingerprint density at radius 2 is 2.00 bits per heavy atom. The summed E-state index contributed by atoms with van der Waals surface area (Å²) in [7, 11) is 0. The van der Waals surface area contributed by atoms with Crippen molar-refractivity contribution in [2.75, 3.05) is 19.8 Å². The Morgan fingerprint density at radius 1 is 1.20 bits per heavy atom. The van der Waals surface area contributed by atoms with Crippen LogP contribution in [0.25, 0.3) is 0 Å². The molecular weight excluding hydrogens is 262 g/mol. The molecule has 0 radical (unpaired) electrons. The second kappa shape index (κ2) is 5.22. The number of nitrogens with zero attached hydrogens (tertiary/aromatic N) is 1. The molecule has 0 spiro atoms. The SMILES string of the molecule is O=C(O)c1ccc2c(c1)CN(C(=O)C1COCCO1)C2. The summed E-state index contributed by atoms with van der Waals surface area (Å²) in [5.41, 5.74) is 2.12. The second-order valence-corrected chi connectivity index (χ2v) is 4.92. The number of hydrogen-bond donors (Lipinski definition) is 1. The normalized spacial score (nSPS) is 21.6. The van der Waals surface area contributed by atoms with Crippen LogP contribution in [0.4, 0.5) is 0 Å². The number of rotatable bonds is 2. The van der Waals surface area contributed by atoms with Crippen molar-refractivity contribution < 1.29 is 24.2 Å². The number of carboxylic acid groups (broad SMARTS) is 1. The lowest BCUT2D eigenvalue weighted by atomic mass is 10.1. The van der Waals surface area contributed by atoms with E-state index in [1.54, 1.807) is 23.1 Å². The maximum absolute atomic E-state index is 12.3. The van der Waals surface area contributed by atoms with E-state index in [1.807, 2.05) is 0 Å². The van der Waals surface area contributed by atoms with Gasteiger partial charge in [-0.05, 0) is 23.3 Å². The van der Waals surface area contributed by atoms with E-state index in [1.165, 1.54) is 0 Å². The van der Waals surface area contributed by atoms with Gasteiger partial charge in [0.05, 0.1) is 25.4 Å². The van der Waals surface area contributed by atoms with E-state index in [0.717, 1.165) is 11.1 Å². The van der Waals surface area contributed by atoms with Crippen LogP contribution in [-0.2, 0) is 27.4 Å². The van der Waals surface area contributed by atoms with Crippen LogP contribution in [0, 0.1) is 0 Å². The van der Waals surface area contributed by atoms with Crippen LogP contribution in [0.5, 0.6) is 0 Å². The van der Waals surface area contributed by atoms with Crippen LogP contribution in [-0.4, -0.2) is 47.8 Å². The van der Waals surface area contributed by atoms with Crippen LogP contribution in [0.3, 0.4) is 0 Å². The lowest BCUT2D eigenvalue weighted by Crippen LogP contribution is -2.43. The number of carboxylic acids is 1. The third-order valence-corrected chi connectivity index (χ3v) is 3.58. The van der Waals surface area contributed by atoms with E-state index in [2.05, 4.69) is 0 Å². The molecule has 1 atom stereocenters. The molecule has 1 amide bonds. The average molecular weight is 277 g/mol. The smallest absolute Gasteiger partial charge is 0.335 e. The maximum atomic E-state index is 12.3. The van der Waals surface area contributed by atoms with E-state index in [9.17, 15) is 9.59 Å². The number of aromatic carboxylic acids is 1. The van der Waals surface area contributed by atoms with Crippen LogP contribution in [0.2, 0.25) is 0 Å². The van der Waals surface area contributed by atoms with Crippen LogP contribution >= 0.6 is 0 Å². The van der Waals surface area contributed by atoms with E-state index >= 15 is 0 Å². The molecule has 0 aliphatic carbocycles.